The summed E-state index contributed by atoms with van der Waals surface area (Å²) in [5, 5.41) is 0. The fourth-order valence-electron chi connectivity index (χ4n) is 1.98. The molecule has 0 aliphatic carbocycles. The third-order valence-electron chi connectivity index (χ3n) is 2.99. The van der Waals surface area contributed by atoms with Crippen LogP contribution >= 0.6 is 27.3 Å². The highest BCUT2D eigenvalue weighted by Crippen LogP contribution is 2.37. The van der Waals surface area contributed by atoms with E-state index in [1.54, 1.807) is 0 Å². The third kappa shape index (κ3) is 2.80. The molecule has 1 aromatic heterocycles. The maximum absolute atomic E-state index is 3.82. The van der Waals surface area contributed by atoms with Crippen molar-refractivity contribution in [2.45, 2.75) is 32.0 Å². The number of hydrogen-bond acceptors (Lipinski definition) is 1. The van der Waals surface area contributed by atoms with Crippen LogP contribution in [0.2, 0.25) is 0 Å². The minimum atomic E-state index is 0.326. The van der Waals surface area contributed by atoms with Crippen molar-refractivity contribution in [2.24, 2.45) is 0 Å². The van der Waals surface area contributed by atoms with Crippen molar-refractivity contribution in [1.82, 2.24) is 0 Å². The molecular weight excluding hydrogens is 292 g/mol. The van der Waals surface area contributed by atoms with Crippen LogP contribution in [0.5, 0.6) is 0 Å². The summed E-state index contributed by atoms with van der Waals surface area (Å²) in [6.07, 6.45) is 1.10. The summed E-state index contributed by atoms with van der Waals surface area (Å²) in [6, 6.07) is 11.2. The molecule has 0 fully saturated rings. The first-order valence-corrected chi connectivity index (χ1v) is 7.65. The molecule has 0 nitrogen and oxygen atoms in total. The van der Waals surface area contributed by atoms with E-state index in [9.17, 15) is 0 Å². The topological polar surface area (TPSA) is 0 Å². The summed E-state index contributed by atoms with van der Waals surface area (Å²) in [5.41, 5.74) is 4.12. The van der Waals surface area contributed by atoms with E-state index in [2.05, 4.69) is 67.0 Å². The fourth-order valence-corrected chi connectivity index (χ4v) is 3.97. The van der Waals surface area contributed by atoms with Crippen molar-refractivity contribution >= 4 is 27.3 Å². The van der Waals surface area contributed by atoms with Gasteiger partial charge in [0.25, 0.3) is 0 Å². The molecule has 2 heteroatoms. The second kappa shape index (κ2) is 5.36. The van der Waals surface area contributed by atoms with Gasteiger partial charge in [-0.05, 0) is 43.0 Å². The maximum Gasteiger partial charge on any atom is 0.0740 e. The Hall–Kier alpha value is -0.600. The highest BCUT2D eigenvalue weighted by molar-refractivity contribution is 9.09. The van der Waals surface area contributed by atoms with E-state index in [4.69, 9.17) is 0 Å². The average Bonchev–Trinajstić information content (AvgIpc) is 2.68. The summed E-state index contributed by atoms with van der Waals surface area (Å²) in [4.78, 5) is 3.13. The average molecular weight is 309 g/mol. The molecule has 0 amide bonds. The van der Waals surface area contributed by atoms with Gasteiger partial charge in [-0.1, -0.05) is 47.1 Å². The van der Waals surface area contributed by atoms with Crippen LogP contribution < -0.4 is 0 Å². The molecule has 0 N–H and O–H groups in total. The Kier molecular flexibility index (Phi) is 4.05. The lowest BCUT2D eigenvalue weighted by Crippen LogP contribution is -1.92. The van der Waals surface area contributed by atoms with Gasteiger partial charge in [0.05, 0.1) is 4.83 Å². The normalized spacial score (nSPS) is 12.7. The van der Waals surface area contributed by atoms with E-state index in [1.807, 2.05) is 11.3 Å². The zero-order valence-electron chi connectivity index (χ0n) is 10.5. The summed E-state index contributed by atoms with van der Waals surface area (Å²) in [6.45, 7) is 6.54. The van der Waals surface area contributed by atoms with Gasteiger partial charge in [-0.25, -0.2) is 0 Å². The lowest BCUT2D eigenvalue weighted by molar-refractivity contribution is 1.12. The first-order chi connectivity index (χ1) is 8.11. The van der Waals surface area contributed by atoms with Crippen LogP contribution in [0.3, 0.4) is 0 Å². The molecule has 1 heterocycles. The lowest BCUT2D eigenvalue weighted by Gasteiger charge is -2.10. The van der Waals surface area contributed by atoms with Gasteiger partial charge in [0, 0.05) is 9.75 Å². The van der Waals surface area contributed by atoms with Crippen molar-refractivity contribution in [3.63, 3.8) is 0 Å². The zero-order chi connectivity index (χ0) is 12.4. The van der Waals surface area contributed by atoms with Crippen LogP contribution in [0.4, 0.5) is 0 Å². The van der Waals surface area contributed by atoms with Gasteiger partial charge in [0.2, 0.25) is 0 Å². The van der Waals surface area contributed by atoms with Crippen LogP contribution in [0.1, 0.15) is 38.2 Å². The monoisotopic (exact) mass is 308 g/mol. The quantitative estimate of drug-likeness (QED) is 0.665. The molecule has 17 heavy (non-hydrogen) atoms. The van der Waals surface area contributed by atoms with Crippen LogP contribution in [0.25, 0.3) is 0 Å². The van der Waals surface area contributed by atoms with Crippen molar-refractivity contribution in [1.29, 1.82) is 0 Å². The summed E-state index contributed by atoms with van der Waals surface area (Å²) in [7, 11) is 0. The first-order valence-electron chi connectivity index (χ1n) is 5.91. The van der Waals surface area contributed by atoms with E-state index >= 15 is 0 Å². The summed E-state index contributed by atoms with van der Waals surface area (Å²) in [5.74, 6) is 0. The fraction of sp³-hybridized carbons (Fsp3) is 0.333. The standard InChI is InChI=1S/C15H17BrS/c1-4-12-5-7-13(8-6-12)14(16)15-10(2)9-11(3)17-15/h5-9,14H,4H2,1-3H3. The summed E-state index contributed by atoms with van der Waals surface area (Å²) < 4.78 is 0. The minimum absolute atomic E-state index is 0.326. The van der Waals surface area contributed by atoms with Crippen LogP contribution in [-0.4, -0.2) is 0 Å². The first kappa shape index (κ1) is 12.8. The summed E-state index contributed by atoms with van der Waals surface area (Å²) >= 11 is 5.70. The Morgan fingerprint density at radius 1 is 1.18 bits per heavy atom. The second-order valence-corrected chi connectivity index (χ2v) is 6.57. The predicted octanol–water partition coefficient (Wildman–Crippen LogP) is 5.41. The molecule has 2 aromatic rings. The molecule has 90 valence electrons. The molecule has 1 aromatic carbocycles. The lowest BCUT2D eigenvalue weighted by atomic mass is 10.1. The third-order valence-corrected chi connectivity index (χ3v) is 5.50. The minimum Gasteiger partial charge on any atom is -0.144 e. The Morgan fingerprint density at radius 3 is 2.29 bits per heavy atom. The molecule has 0 aliphatic heterocycles. The number of rotatable bonds is 3. The number of thiophene rings is 1. The van der Waals surface area contributed by atoms with E-state index in [0.717, 1.165) is 6.42 Å². The van der Waals surface area contributed by atoms with Gasteiger partial charge >= 0.3 is 0 Å². The smallest absolute Gasteiger partial charge is 0.0740 e. The van der Waals surface area contributed by atoms with E-state index < -0.39 is 0 Å². The van der Waals surface area contributed by atoms with Gasteiger partial charge in [0.15, 0.2) is 0 Å². The van der Waals surface area contributed by atoms with Crippen molar-refractivity contribution in [3.8, 4) is 0 Å². The highest BCUT2D eigenvalue weighted by Gasteiger charge is 2.15. The van der Waals surface area contributed by atoms with E-state index in [0.29, 0.717) is 4.83 Å². The van der Waals surface area contributed by atoms with Crippen LogP contribution in [0.15, 0.2) is 30.3 Å². The number of aryl methyl sites for hydroxylation is 3. The molecule has 0 aliphatic rings. The van der Waals surface area contributed by atoms with Crippen molar-refractivity contribution in [2.75, 3.05) is 0 Å². The number of alkyl halides is 1. The molecule has 0 bridgehead atoms. The van der Waals surface area contributed by atoms with E-state index in [-0.39, 0.29) is 0 Å². The van der Waals surface area contributed by atoms with Crippen LogP contribution in [0, 0.1) is 13.8 Å². The van der Waals surface area contributed by atoms with Gasteiger partial charge in [-0.15, -0.1) is 11.3 Å². The Bertz CT molecular complexity index is 496. The molecule has 0 radical (unpaired) electrons. The molecule has 1 unspecified atom stereocenters. The number of hydrogen-bond donors (Lipinski definition) is 0. The highest BCUT2D eigenvalue weighted by atomic mass is 79.9. The molecule has 0 saturated heterocycles. The molecule has 0 saturated carbocycles. The van der Waals surface area contributed by atoms with Gasteiger partial charge < -0.3 is 0 Å². The van der Waals surface area contributed by atoms with Crippen molar-refractivity contribution < 1.29 is 0 Å². The Morgan fingerprint density at radius 2 is 1.82 bits per heavy atom. The van der Waals surface area contributed by atoms with Crippen LogP contribution in [-0.2, 0) is 6.42 Å². The number of halogens is 1. The SMILES string of the molecule is CCc1ccc(C(Br)c2sc(C)cc2C)cc1. The Balaban J connectivity index is 2.30. The van der Waals surface area contributed by atoms with Gasteiger partial charge in [0.1, 0.15) is 0 Å². The second-order valence-electron chi connectivity index (χ2n) is 4.36. The molecular formula is C15H17BrS. The number of benzene rings is 1. The van der Waals surface area contributed by atoms with Gasteiger partial charge in [-0.2, -0.15) is 0 Å². The molecule has 1 atom stereocenters. The van der Waals surface area contributed by atoms with E-state index in [1.165, 1.54) is 26.4 Å². The van der Waals surface area contributed by atoms with Crippen molar-refractivity contribution in [3.05, 3.63) is 56.8 Å². The largest absolute Gasteiger partial charge is 0.144 e. The molecule has 0 spiro atoms. The van der Waals surface area contributed by atoms with Gasteiger partial charge in [-0.3, -0.25) is 0 Å². The molecule has 2 rings (SSSR count). The Labute approximate surface area is 116 Å². The zero-order valence-corrected chi connectivity index (χ0v) is 12.9. The predicted molar refractivity (Wildman–Crippen MR) is 80.4 cm³/mol. The maximum atomic E-state index is 3.82.